The topological polar surface area (TPSA) is 22.9 Å². The van der Waals surface area contributed by atoms with Crippen molar-refractivity contribution in [2.24, 2.45) is 0 Å². The average molecular weight is 950 g/mol. The summed E-state index contributed by atoms with van der Waals surface area (Å²) in [5, 5.41) is 13.1. The van der Waals surface area contributed by atoms with E-state index >= 15 is 0 Å². The molecule has 3 aromatic heterocycles. The number of nitrogens with zero attached hydrogens (tertiary/aromatic N) is 1. The molecule has 16 rings (SSSR count). The number of fused-ring (bicyclic) bond motifs is 13. The second kappa shape index (κ2) is 15.2. The number of para-hydroxylation sites is 4. The first-order valence-corrected chi connectivity index (χ1v) is 27.6. The van der Waals surface area contributed by atoms with Gasteiger partial charge in [-0.3, -0.25) is 0 Å². The lowest BCUT2D eigenvalue weighted by Gasteiger charge is -2.35. The molecule has 0 radical (unpaired) electrons. The Hall–Kier alpha value is -8.68. The Labute approximate surface area is 420 Å². The van der Waals surface area contributed by atoms with Crippen LogP contribution < -0.4 is 46.6 Å². The van der Waals surface area contributed by atoms with Gasteiger partial charge in [-0.05, 0) is 90.3 Å². The average Bonchev–Trinajstić information content (AvgIpc) is 4.11. The largest absolute Gasteiger partial charge is 0.458 e. The zero-order valence-corrected chi connectivity index (χ0v) is 40.7. The van der Waals surface area contributed by atoms with E-state index in [0.717, 1.165) is 34.0 Å². The van der Waals surface area contributed by atoms with Crippen LogP contribution in [0.1, 0.15) is 0 Å². The maximum Gasteiger partial charge on any atom is 0.260 e. The minimum absolute atomic E-state index is 0.0362. The minimum atomic E-state index is -2.97. The van der Waals surface area contributed by atoms with Crippen LogP contribution in [0.2, 0.25) is 0 Å². The molecule has 2 aliphatic rings. The first-order valence-electron chi connectivity index (χ1n) is 24.8. The van der Waals surface area contributed by atoms with Crippen LogP contribution in [0.5, 0.6) is 23.0 Å². The van der Waals surface area contributed by atoms with Crippen molar-refractivity contribution in [1.82, 2.24) is 4.40 Å². The van der Waals surface area contributed by atoms with E-state index in [2.05, 4.69) is 247 Å². The summed E-state index contributed by atoms with van der Waals surface area (Å²) in [5.74, 6) is 3.49. The smallest absolute Gasteiger partial charge is 0.260 e. The highest BCUT2D eigenvalue weighted by Crippen LogP contribution is 2.46. The molecule has 0 bridgehead atoms. The maximum absolute atomic E-state index is 6.77. The molecular weight excluding hydrogens is 910 g/mol. The van der Waals surface area contributed by atoms with Gasteiger partial charge in [0.1, 0.15) is 23.0 Å². The van der Waals surface area contributed by atoms with Crippen molar-refractivity contribution in [2.75, 3.05) is 0 Å². The monoisotopic (exact) mass is 949 g/mol. The summed E-state index contributed by atoms with van der Waals surface area (Å²) in [6.45, 7) is 0.0362. The third kappa shape index (κ3) is 5.51. The lowest BCUT2D eigenvalue weighted by Crippen LogP contribution is -2.74. The summed E-state index contributed by atoms with van der Waals surface area (Å²) in [5.41, 5.74) is 11.9. The van der Waals surface area contributed by atoms with Crippen LogP contribution in [-0.2, 0) is 0 Å². The van der Waals surface area contributed by atoms with Gasteiger partial charge in [0.15, 0.2) is 8.07 Å². The number of rotatable bonds is 6. The lowest BCUT2D eigenvalue weighted by atomic mass is 9.35. The Balaban J connectivity index is 0.886. The van der Waals surface area contributed by atoms with Crippen molar-refractivity contribution in [3.63, 3.8) is 0 Å². The van der Waals surface area contributed by atoms with E-state index in [0.29, 0.717) is 0 Å². The normalized spacial score (nSPS) is 12.9. The lowest BCUT2D eigenvalue weighted by molar-refractivity contribution is 0.465. The van der Waals surface area contributed by atoms with Gasteiger partial charge in [0.05, 0.1) is 16.6 Å². The molecule has 334 valence electrons. The predicted octanol–water partition coefficient (Wildman–Crippen LogP) is 12.6. The van der Waals surface area contributed by atoms with Crippen LogP contribution in [0.4, 0.5) is 0 Å². The maximum atomic E-state index is 6.77. The van der Waals surface area contributed by atoms with Gasteiger partial charge < -0.3 is 13.9 Å². The highest BCUT2D eigenvalue weighted by molar-refractivity contribution is 7.27. The summed E-state index contributed by atoms with van der Waals surface area (Å²) >= 11 is 1.88. The number of hydrogen-bond donors (Lipinski definition) is 0. The van der Waals surface area contributed by atoms with Gasteiger partial charge in [-0.25, -0.2) is 0 Å². The summed E-state index contributed by atoms with van der Waals surface area (Å²) in [6, 6.07) is 90.2. The standard InChI is InChI=1S/C66H40BNO2SSi/c1-3-18-43(19-4-1)72(44-20-5-2-6-21-44,46-35-36-58-54(40-46)51-27-16-26-50-49-23-7-10-32-57(49)68(58)64(50)51)45-22-13-17-41(37-45)47-24-14-28-52-53-29-15-25-48(66(53)71-65(47)52)42-38-61-63-62(39-42)70-60-34-12-9-31-56(60)67(63)55-30-8-11-33-59(55)69-61/h1-40H. The van der Waals surface area contributed by atoms with Gasteiger partial charge in [0.2, 0.25) is 0 Å². The van der Waals surface area contributed by atoms with E-state index in [1.54, 1.807) is 0 Å². The Kier molecular flexibility index (Phi) is 8.44. The Morgan fingerprint density at radius 1 is 0.347 bits per heavy atom. The molecule has 5 heterocycles. The van der Waals surface area contributed by atoms with Gasteiger partial charge in [0.25, 0.3) is 6.71 Å². The first-order chi connectivity index (χ1) is 35.7. The minimum Gasteiger partial charge on any atom is -0.458 e. The number of benzene rings is 11. The zero-order chi connectivity index (χ0) is 47.1. The molecule has 11 aromatic carbocycles. The van der Waals surface area contributed by atoms with Crippen molar-refractivity contribution in [3.8, 4) is 45.3 Å². The fraction of sp³-hybridized carbons (Fsp3) is 0. The molecule has 0 atom stereocenters. The summed E-state index contributed by atoms with van der Waals surface area (Å²) in [4.78, 5) is 0. The van der Waals surface area contributed by atoms with Gasteiger partial charge in [0, 0.05) is 47.2 Å². The molecule has 3 nitrogen and oxygen atoms in total. The van der Waals surface area contributed by atoms with Crippen molar-refractivity contribution >= 4 is 122 Å². The Morgan fingerprint density at radius 3 is 1.53 bits per heavy atom. The van der Waals surface area contributed by atoms with Crippen molar-refractivity contribution in [1.29, 1.82) is 0 Å². The molecule has 0 spiro atoms. The molecule has 0 saturated carbocycles. The molecule has 72 heavy (non-hydrogen) atoms. The van der Waals surface area contributed by atoms with Crippen molar-refractivity contribution in [3.05, 3.63) is 243 Å². The highest BCUT2D eigenvalue weighted by atomic mass is 32.1. The molecule has 0 aliphatic carbocycles. The fourth-order valence-electron chi connectivity index (χ4n) is 12.8. The number of thiophene rings is 1. The third-order valence-corrected chi connectivity index (χ3v) is 21.8. The predicted molar refractivity (Wildman–Crippen MR) is 306 cm³/mol. The van der Waals surface area contributed by atoms with Crippen LogP contribution in [0, 0.1) is 0 Å². The fourth-order valence-corrected chi connectivity index (χ4v) is 19.0. The third-order valence-electron chi connectivity index (χ3n) is 15.8. The molecule has 2 aliphatic heterocycles. The van der Waals surface area contributed by atoms with Crippen LogP contribution in [-0.4, -0.2) is 19.2 Å². The first kappa shape index (κ1) is 40.1. The van der Waals surface area contributed by atoms with Crippen molar-refractivity contribution < 1.29 is 9.47 Å². The van der Waals surface area contributed by atoms with Gasteiger partial charge in [-0.2, -0.15) is 0 Å². The van der Waals surface area contributed by atoms with Crippen LogP contribution in [0.25, 0.3) is 80.5 Å². The molecule has 0 unspecified atom stereocenters. The summed E-state index contributed by atoms with van der Waals surface area (Å²) < 4.78 is 18.6. The van der Waals surface area contributed by atoms with Crippen LogP contribution >= 0.6 is 11.3 Å². The zero-order valence-electron chi connectivity index (χ0n) is 38.8. The second-order valence-corrected chi connectivity index (χ2v) is 24.2. The Morgan fingerprint density at radius 2 is 0.847 bits per heavy atom. The van der Waals surface area contributed by atoms with Gasteiger partial charge >= 0.3 is 0 Å². The van der Waals surface area contributed by atoms with Gasteiger partial charge in [-0.15, -0.1) is 11.3 Å². The van der Waals surface area contributed by atoms with E-state index in [9.17, 15) is 0 Å². The number of ether oxygens (including phenoxy) is 2. The van der Waals surface area contributed by atoms with Crippen LogP contribution in [0.3, 0.4) is 0 Å². The Bertz CT molecular complexity index is 4430. The van der Waals surface area contributed by atoms with Gasteiger partial charge in [-0.1, -0.05) is 206 Å². The SMILES string of the molecule is c1ccc([Si](c2ccccc2)(c2cccc(-c3cccc4c3sc3c(-c5cc6c7c(c5)Oc5ccccc5B7c5ccccc5O6)cccc34)c2)c2ccc3c(c2)c2cccc4c5ccccc5n3c42)cc1. The molecule has 0 fully saturated rings. The van der Waals surface area contributed by atoms with E-state index < -0.39 is 8.07 Å². The van der Waals surface area contributed by atoms with Crippen molar-refractivity contribution in [2.45, 2.75) is 0 Å². The second-order valence-electron chi connectivity index (χ2n) is 19.4. The highest BCUT2D eigenvalue weighted by Gasteiger charge is 2.43. The van der Waals surface area contributed by atoms with E-state index in [1.807, 2.05) is 11.3 Å². The quantitative estimate of drug-likeness (QED) is 0.122. The number of aromatic nitrogens is 1. The molecule has 0 N–H and O–H groups in total. The van der Waals surface area contributed by atoms with E-state index in [1.165, 1.54) is 107 Å². The van der Waals surface area contributed by atoms with E-state index in [4.69, 9.17) is 9.47 Å². The molecule has 14 aromatic rings. The molecule has 0 saturated heterocycles. The molecule has 6 heteroatoms. The van der Waals surface area contributed by atoms with E-state index in [-0.39, 0.29) is 6.71 Å². The number of hydrogen-bond acceptors (Lipinski definition) is 3. The van der Waals surface area contributed by atoms with Crippen LogP contribution in [0.15, 0.2) is 243 Å². The summed E-state index contributed by atoms with van der Waals surface area (Å²) in [6.07, 6.45) is 0. The molecular formula is C66H40BNO2SSi. The summed E-state index contributed by atoms with van der Waals surface area (Å²) in [7, 11) is -2.97. The molecule has 0 amide bonds.